The van der Waals surface area contributed by atoms with Crippen LogP contribution < -0.4 is 0 Å². The van der Waals surface area contributed by atoms with Gasteiger partial charge in [0.05, 0.1) is 7.11 Å². The fourth-order valence-corrected chi connectivity index (χ4v) is 1.07. The van der Waals surface area contributed by atoms with Crippen molar-refractivity contribution in [1.82, 2.24) is 0 Å². The lowest BCUT2D eigenvalue weighted by molar-refractivity contribution is 0.0313. The Morgan fingerprint density at radius 1 is 1.36 bits per heavy atom. The standard InChI is InChI=1S/C9H13O2/c1-9(11-3)7-5-4-6-8(9)10-2/h4-7H,1-3H3. The zero-order chi connectivity index (χ0) is 8.32. The quantitative estimate of drug-likeness (QED) is 0.601. The van der Waals surface area contributed by atoms with Crippen molar-refractivity contribution in [3.63, 3.8) is 0 Å². The van der Waals surface area contributed by atoms with E-state index in [1.165, 1.54) is 0 Å². The van der Waals surface area contributed by atoms with E-state index in [0.717, 1.165) is 5.76 Å². The lowest BCUT2D eigenvalue weighted by Crippen LogP contribution is -2.29. The molecule has 0 heterocycles. The molecule has 1 atom stereocenters. The van der Waals surface area contributed by atoms with E-state index >= 15 is 0 Å². The predicted molar refractivity (Wildman–Crippen MR) is 43.9 cm³/mol. The Morgan fingerprint density at radius 2 is 2.09 bits per heavy atom. The van der Waals surface area contributed by atoms with Crippen molar-refractivity contribution in [3.8, 4) is 0 Å². The highest BCUT2D eigenvalue weighted by Crippen LogP contribution is 2.26. The zero-order valence-electron chi connectivity index (χ0n) is 7.13. The Labute approximate surface area is 67.5 Å². The Balaban J connectivity index is 2.83. The molecule has 0 aromatic carbocycles. The molecule has 2 heteroatoms. The molecule has 1 radical (unpaired) electrons. The van der Waals surface area contributed by atoms with Crippen LogP contribution in [0.4, 0.5) is 0 Å². The number of rotatable bonds is 2. The average molecular weight is 153 g/mol. The molecular formula is C9H13O2. The number of ether oxygens (including phenoxy) is 2. The molecule has 61 valence electrons. The van der Waals surface area contributed by atoms with Crippen LogP contribution in [0.15, 0.2) is 24.0 Å². The number of hydrogen-bond acceptors (Lipinski definition) is 2. The summed E-state index contributed by atoms with van der Waals surface area (Å²) >= 11 is 0. The minimum absolute atomic E-state index is 0.385. The highest BCUT2D eigenvalue weighted by Gasteiger charge is 2.28. The van der Waals surface area contributed by atoms with Gasteiger partial charge in [-0.15, -0.1) is 0 Å². The fraction of sp³-hybridized carbons (Fsp3) is 0.444. The summed E-state index contributed by atoms with van der Waals surface area (Å²) in [5, 5.41) is 0. The largest absolute Gasteiger partial charge is 0.498 e. The molecule has 2 nitrogen and oxygen atoms in total. The summed E-state index contributed by atoms with van der Waals surface area (Å²) in [6, 6.07) is 0. The van der Waals surface area contributed by atoms with Crippen LogP contribution in [0.5, 0.6) is 0 Å². The van der Waals surface area contributed by atoms with E-state index in [9.17, 15) is 0 Å². The maximum atomic E-state index is 5.28. The van der Waals surface area contributed by atoms with E-state index in [2.05, 4.69) is 0 Å². The molecule has 0 N–H and O–H groups in total. The third-order valence-corrected chi connectivity index (χ3v) is 1.91. The minimum Gasteiger partial charge on any atom is -0.498 e. The first-order valence-electron chi connectivity index (χ1n) is 3.55. The van der Waals surface area contributed by atoms with Gasteiger partial charge in [-0.05, 0) is 19.1 Å². The Bertz CT molecular complexity index is 194. The predicted octanol–water partition coefficient (Wildman–Crippen LogP) is 1.70. The van der Waals surface area contributed by atoms with E-state index in [0.29, 0.717) is 0 Å². The minimum atomic E-state index is -0.385. The van der Waals surface area contributed by atoms with Gasteiger partial charge < -0.3 is 9.47 Å². The molecule has 0 spiro atoms. The first-order chi connectivity index (χ1) is 5.23. The molecular weight excluding hydrogens is 140 g/mol. The van der Waals surface area contributed by atoms with Crippen molar-refractivity contribution < 1.29 is 9.47 Å². The lowest BCUT2D eigenvalue weighted by Gasteiger charge is -2.28. The molecule has 0 bridgehead atoms. The second-order valence-electron chi connectivity index (χ2n) is 2.60. The molecule has 1 aliphatic rings. The molecule has 0 aromatic heterocycles. The van der Waals surface area contributed by atoms with Crippen LogP contribution in [0.3, 0.4) is 0 Å². The third kappa shape index (κ3) is 1.46. The van der Waals surface area contributed by atoms with Gasteiger partial charge in [-0.25, -0.2) is 0 Å². The van der Waals surface area contributed by atoms with Gasteiger partial charge in [0.2, 0.25) is 0 Å². The van der Waals surface area contributed by atoms with Gasteiger partial charge in [-0.3, -0.25) is 0 Å². The number of methoxy groups -OCH3 is 2. The molecule has 0 aromatic rings. The molecule has 11 heavy (non-hydrogen) atoms. The van der Waals surface area contributed by atoms with E-state index in [-0.39, 0.29) is 5.60 Å². The molecule has 1 aliphatic carbocycles. The Hall–Kier alpha value is -0.760. The fourth-order valence-electron chi connectivity index (χ4n) is 1.07. The first-order valence-corrected chi connectivity index (χ1v) is 3.55. The molecule has 0 saturated carbocycles. The van der Waals surface area contributed by atoms with Crippen LogP contribution in [0.2, 0.25) is 0 Å². The van der Waals surface area contributed by atoms with Crippen LogP contribution in [-0.4, -0.2) is 19.8 Å². The van der Waals surface area contributed by atoms with Gasteiger partial charge >= 0.3 is 0 Å². The molecule has 0 saturated heterocycles. The third-order valence-electron chi connectivity index (χ3n) is 1.91. The van der Waals surface area contributed by atoms with Gasteiger partial charge in [-0.2, -0.15) is 0 Å². The Kier molecular flexibility index (Phi) is 2.35. The summed E-state index contributed by atoms with van der Waals surface area (Å²) in [7, 11) is 3.32. The molecule has 1 rings (SSSR count). The van der Waals surface area contributed by atoms with Gasteiger partial charge in [0, 0.05) is 13.5 Å². The monoisotopic (exact) mass is 153 g/mol. The van der Waals surface area contributed by atoms with Crippen LogP contribution in [-0.2, 0) is 9.47 Å². The summed E-state index contributed by atoms with van der Waals surface area (Å²) < 4.78 is 10.4. The zero-order valence-corrected chi connectivity index (χ0v) is 7.13. The van der Waals surface area contributed by atoms with Crippen molar-refractivity contribution in [2.45, 2.75) is 12.5 Å². The van der Waals surface area contributed by atoms with E-state index in [1.807, 2.05) is 31.6 Å². The molecule has 0 aliphatic heterocycles. The van der Waals surface area contributed by atoms with Crippen LogP contribution >= 0.6 is 0 Å². The first kappa shape index (κ1) is 8.34. The smallest absolute Gasteiger partial charge is 0.139 e. The normalized spacial score (nSPS) is 29.9. The average Bonchev–Trinajstić information content (AvgIpc) is 2.05. The van der Waals surface area contributed by atoms with Crippen molar-refractivity contribution in [1.29, 1.82) is 0 Å². The lowest BCUT2D eigenvalue weighted by atomic mass is 9.98. The maximum absolute atomic E-state index is 5.28. The van der Waals surface area contributed by atoms with E-state index < -0.39 is 0 Å². The highest BCUT2D eigenvalue weighted by molar-refractivity contribution is 5.30. The van der Waals surface area contributed by atoms with Gasteiger partial charge in [0.25, 0.3) is 0 Å². The summed E-state index contributed by atoms with van der Waals surface area (Å²) in [6.07, 6.45) is 7.75. The van der Waals surface area contributed by atoms with Crippen LogP contribution in [0, 0.1) is 6.42 Å². The highest BCUT2D eigenvalue weighted by atomic mass is 16.5. The Morgan fingerprint density at radius 3 is 2.55 bits per heavy atom. The second-order valence-corrected chi connectivity index (χ2v) is 2.60. The van der Waals surface area contributed by atoms with Gasteiger partial charge in [0.1, 0.15) is 11.4 Å². The topological polar surface area (TPSA) is 18.5 Å². The molecule has 1 unspecified atom stereocenters. The van der Waals surface area contributed by atoms with Gasteiger partial charge in [0.15, 0.2) is 0 Å². The van der Waals surface area contributed by atoms with E-state index in [4.69, 9.17) is 9.47 Å². The summed E-state index contributed by atoms with van der Waals surface area (Å²) in [6.45, 7) is 1.96. The molecule has 0 fully saturated rings. The summed E-state index contributed by atoms with van der Waals surface area (Å²) in [5.41, 5.74) is -0.385. The summed E-state index contributed by atoms with van der Waals surface area (Å²) in [4.78, 5) is 0. The van der Waals surface area contributed by atoms with Crippen molar-refractivity contribution in [3.05, 3.63) is 30.4 Å². The number of allylic oxidation sites excluding steroid dienone is 2. The van der Waals surface area contributed by atoms with E-state index in [1.54, 1.807) is 14.2 Å². The molecule has 0 amide bonds. The maximum Gasteiger partial charge on any atom is 0.139 e. The number of hydrogen-bond donors (Lipinski definition) is 0. The second kappa shape index (κ2) is 3.09. The summed E-state index contributed by atoms with van der Waals surface area (Å²) in [5.74, 6) is 0.836. The van der Waals surface area contributed by atoms with Crippen molar-refractivity contribution in [2.24, 2.45) is 0 Å². The van der Waals surface area contributed by atoms with Crippen molar-refractivity contribution >= 4 is 0 Å². The SMILES string of the molecule is COC1=C[CH]C=CC1(C)OC. The van der Waals surface area contributed by atoms with Crippen LogP contribution in [0.25, 0.3) is 0 Å². The van der Waals surface area contributed by atoms with Crippen molar-refractivity contribution in [2.75, 3.05) is 14.2 Å². The van der Waals surface area contributed by atoms with Gasteiger partial charge in [-0.1, -0.05) is 6.08 Å². The van der Waals surface area contributed by atoms with Crippen LogP contribution in [0.1, 0.15) is 6.92 Å².